The third-order valence-electron chi connectivity index (χ3n) is 10.7. The lowest BCUT2D eigenvalue weighted by atomic mass is 9.89. The molecule has 2 heterocycles. The van der Waals surface area contributed by atoms with Gasteiger partial charge in [-0.1, -0.05) is 81.8 Å². The number of Topliss-reactive ketones (excluding diaryl/α,β-unsaturated/α-hetero) is 1. The number of aryl methyl sites for hydroxylation is 1. The second-order valence-corrected chi connectivity index (χ2v) is 16.3. The lowest BCUT2D eigenvalue weighted by molar-refractivity contribution is -0.147. The maximum atomic E-state index is 14.6. The Morgan fingerprint density at radius 2 is 1.40 bits per heavy atom. The van der Waals surface area contributed by atoms with Crippen molar-refractivity contribution in [3.63, 3.8) is 0 Å². The lowest BCUT2D eigenvalue weighted by Gasteiger charge is -2.40. The van der Waals surface area contributed by atoms with Gasteiger partial charge in [0.1, 0.15) is 42.5 Å². The molecule has 0 aliphatic carbocycles. The zero-order valence-corrected chi connectivity index (χ0v) is 36.2. The summed E-state index contributed by atoms with van der Waals surface area (Å²) in [5, 5.41) is 30.2. The highest BCUT2D eigenvalue weighted by Gasteiger charge is 2.42. The SMILES string of the molecule is Cc1ccc2c(c1)CCN(C(=O)[C@@H](NC(=O)[C@H](CC(=O)O)NC(=O)[C@@H](NC(=O)c1ccc3ccccc3n1)C(C)C)C(C)C)[C@@H]2C(=O)N[C@@H](CC(=O)O)C(=O)COc1c(F)cccc1F. The summed E-state index contributed by atoms with van der Waals surface area (Å²) in [4.78, 5) is 113. The number of carboxylic acid groups (broad SMARTS) is 2. The van der Waals surface area contributed by atoms with Gasteiger partial charge in [-0.15, -0.1) is 0 Å². The molecule has 0 fully saturated rings. The van der Waals surface area contributed by atoms with Gasteiger partial charge in [0, 0.05) is 11.9 Å². The highest BCUT2D eigenvalue weighted by Crippen LogP contribution is 2.32. The normalized spacial score (nSPS) is 15.2. The van der Waals surface area contributed by atoms with Gasteiger partial charge in [0.2, 0.25) is 23.6 Å². The molecular weight excluding hydrogens is 851 g/mol. The van der Waals surface area contributed by atoms with Gasteiger partial charge in [0.05, 0.1) is 18.4 Å². The predicted molar refractivity (Wildman–Crippen MR) is 229 cm³/mol. The maximum absolute atomic E-state index is 14.6. The third-order valence-corrected chi connectivity index (χ3v) is 10.7. The van der Waals surface area contributed by atoms with Crippen molar-refractivity contribution in [1.29, 1.82) is 0 Å². The molecule has 4 aromatic rings. The lowest BCUT2D eigenvalue weighted by Crippen LogP contribution is -2.60. The Morgan fingerprint density at radius 1 is 0.754 bits per heavy atom. The summed E-state index contributed by atoms with van der Waals surface area (Å²) >= 11 is 0. The van der Waals surface area contributed by atoms with Crippen LogP contribution in [0, 0.1) is 30.4 Å². The van der Waals surface area contributed by atoms with Crippen LogP contribution in [0.15, 0.2) is 72.8 Å². The summed E-state index contributed by atoms with van der Waals surface area (Å²) in [6.07, 6.45) is -1.65. The number of nitrogens with one attached hydrogen (secondary N) is 4. The van der Waals surface area contributed by atoms with Crippen molar-refractivity contribution in [1.82, 2.24) is 31.2 Å². The van der Waals surface area contributed by atoms with Crippen molar-refractivity contribution in [2.24, 2.45) is 11.8 Å². The Morgan fingerprint density at radius 3 is 2.05 bits per heavy atom. The maximum Gasteiger partial charge on any atom is 0.305 e. The second-order valence-electron chi connectivity index (χ2n) is 16.3. The first-order valence-corrected chi connectivity index (χ1v) is 20.8. The van der Waals surface area contributed by atoms with E-state index in [2.05, 4.69) is 26.3 Å². The van der Waals surface area contributed by atoms with E-state index in [1.807, 2.05) is 19.1 Å². The first-order chi connectivity index (χ1) is 30.7. The summed E-state index contributed by atoms with van der Waals surface area (Å²) in [6.45, 7) is 7.09. The largest absolute Gasteiger partial charge is 0.481 e. The number of halogens is 2. The van der Waals surface area contributed by atoms with Crippen LogP contribution < -0.4 is 26.0 Å². The molecule has 3 aromatic carbocycles. The summed E-state index contributed by atoms with van der Waals surface area (Å²) in [7, 11) is 0. The first kappa shape index (κ1) is 48.7. The number of pyridine rings is 1. The Bertz CT molecular complexity index is 2480. The number of hydrogen-bond donors (Lipinski definition) is 6. The highest BCUT2D eigenvalue weighted by atomic mass is 19.1. The highest BCUT2D eigenvalue weighted by molar-refractivity contribution is 6.00. The Hall–Kier alpha value is -7.31. The molecule has 65 heavy (non-hydrogen) atoms. The minimum atomic E-state index is -1.79. The predicted octanol–water partition coefficient (Wildman–Crippen LogP) is 3.41. The first-order valence-electron chi connectivity index (χ1n) is 20.8. The number of rotatable bonds is 19. The monoisotopic (exact) mass is 900 g/mol. The number of carboxylic acids is 2. The number of aromatic nitrogens is 1. The third kappa shape index (κ3) is 12.2. The smallest absolute Gasteiger partial charge is 0.305 e. The number of hydrogen-bond acceptors (Lipinski definition) is 10. The van der Waals surface area contributed by atoms with Crippen LogP contribution in [0.4, 0.5) is 8.78 Å². The molecule has 0 radical (unpaired) electrons. The molecule has 1 aliphatic rings. The van der Waals surface area contributed by atoms with E-state index in [1.165, 1.54) is 6.07 Å². The van der Waals surface area contributed by atoms with E-state index in [9.17, 15) is 57.4 Å². The van der Waals surface area contributed by atoms with E-state index in [0.717, 1.165) is 34.0 Å². The molecule has 344 valence electrons. The van der Waals surface area contributed by atoms with Gasteiger partial charge in [-0.25, -0.2) is 13.8 Å². The average Bonchev–Trinajstić information content (AvgIpc) is 3.24. The van der Waals surface area contributed by atoms with Crippen molar-refractivity contribution >= 4 is 58.2 Å². The summed E-state index contributed by atoms with van der Waals surface area (Å²) in [6, 6.07) is 10.4. The fourth-order valence-corrected chi connectivity index (χ4v) is 7.34. The minimum Gasteiger partial charge on any atom is -0.481 e. The van der Waals surface area contributed by atoms with Gasteiger partial charge < -0.3 is 41.1 Å². The molecule has 5 rings (SSSR count). The van der Waals surface area contributed by atoms with Crippen LogP contribution in [0.2, 0.25) is 0 Å². The zero-order chi connectivity index (χ0) is 47.7. The molecule has 6 N–H and O–H groups in total. The number of nitrogens with zero attached hydrogens (tertiary/aromatic N) is 2. The van der Waals surface area contributed by atoms with E-state index >= 15 is 0 Å². The Labute approximate surface area is 372 Å². The van der Waals surface area contributed by atoms with Gasteiger partial charge >= 0.3 is 11.9 Å². The number of ketones is 1. The number of carbonyl (C=O) groups excluding carboxylic acids is 6. The molecule has 0 bridgehead atoms. The molecule has 1 aromatic heterocycles. The van der Waals surface area contributed by atoms with E-state index in [-0.39, 0.29) is 18.7 Å². The van der Waals surface area contributed by atoms with Crippen molar-refractivity contribution in [3.8, 4) is 5.75 Å². The second kappa shape index (κ2) is 21.4. The summed E-state index contributed by atoms with van der Waals surface area (Å²) in [5.41, 5.74) is 2.35. The summed E-state index contributed by atoms with van der Waals surface area (Å²) < 4.78 is 33.5. The van der Waals surface area contributed by atoms with Gasteiger partial charge in [-0.3, -0.25) is 38.4 Å². The topological polar surface area (TPSA) is 250 Å². The van der Waals surface area contributed by atoms with Crippen LogP contribution >= 0.6 is 0 Å². The van der Waals surface area contributed by atoms with Crippen LogP contribution in [-0.2, 0) is 40.0 Å². The number of aliphatic carboxylic acids is 2. The molecule has 1 aliphatic heterocycles. The molecular formula is C46H50F2N6O11. The zero-order valence-electron chi connectivity index (χ0n) is 36.2. The average molecular weight is 901 g/mol. The molecule has 5 atom stereocenters. The van der Waals surface area contributed by atoms with E-state index in [0.29, 0.717) is 16.6 Å². The Kier molecular flexibility index (Phi) is 16.0. The number of fused-ring (bicyclic) bond motifs is 2. The van der Waals surface area contributed by atoms with Crippen molar-refractivity contribution in [3.05, 3.63) is 107 Å². The van der Waals surface area contributed by atoms with Crippen LogP contribution in [0.3, 0.4) is 0 Å². The molecule has 17 nitrogen and oxygen atoms in total. The number of para-hydroxylation sites is 2. The van der Waals surface area contributed by atoms with E-state index in [1.54, 1.807) is 64.1 Å². The molecule has 19 heteroatoms. The van der Waals surface area contributed by atoms with Gasteiger partial charge in [0.25, 0.3) is 5.91 Å². The van der Waals surface area contributed by atoms with Crippen LogP contribution in [-0.4, -0.2) is 105 Å². The molecule has 5 amide bonds. The fraction of sp³-hybridized carbons (Fsp3) is 0.370. The summed E-state index contributed by atoms with van der Waals surface area (Å²) in [5.74, 6) is -12.9. The number of benzene rings is 3. The van der Waals surface area contributed by atoms with Gasteiger partial charge in [-0.2, -0.15) is 0 Å². The molecule has 0 saturated carbocycles. The molecule has 0 unspecified atom stereocenters. The quantitative estimate of drug-likeness (QED) is 0.0793. The Balaban J connectivity index is 1.37. The number of amides is 5. The van der Waals surface area contributed by atoms with Crippen molar-refractivity contribution < 1.29 is 62.1 Å². The van der Waals surface area contributed by atoms with E-state index in [4.69, 9.17) is 4.74 Å². The number of ether oxygens (including phenoxy) is 1. The minimum absolute atomic E-state index is 0.0113. The fourth-order valence-electron chi connectivity index (χ4n) is 7.34. The number of carbonyl (C=O) groups is 8. The van der Waals surface area contributed by atoms with Gasteiger partial charge in [-0.05, 0) is 60.6 Å². The van der Waals surface area contributed by atoms with Crippen LogP contribution in [0.1, 0.15) is 73.8 Å². The van der Waals surface area contributed by atoms with Crippen LogP contribution in [0.5, 0.6) is 5.75 Å². The molecule has 0 saturated heterocycles. The standard InChI is InChI=1S/C46H50F2N6O11/c1-23(2)38(52-42(60)32-16-14-26-9-6-7-12-31(26)49-32)44(62)51-34(21-37(58)59)43(61)53-39(24(3)4)46(64)54-18-17-27-19-25(5)13-15-28(27)40(54)45(63)50-33(20-36(56)57)35(55)22-65-41-29(47)10-8-11-30(41)48/h6-16,19,23-24,33-34,38-40H,17-18,20-22H2,1-5H3,(H,50,63)(H,51,62)(H,52,60)(H,53,61)(H,56,57)(H,58,59)/t33-,34-,38-,39-,40-/m0/s1. The van der Waals surface area contributed by atoms with Crippen LogP contribution in [0.25, 0.3) is 10.9 Å². The van der Waals surface area contributed by atoms with Crippen molar-refractivity contribution in [2.45, 2.75) is 84.1 Å². The van der Waals surface area contributed by atoms with Crippen molar-refractivity contribution in [2.75, 3.05) is 13.2 Å². The van der Waals surface area contributed by atoms with Gasteiger partial charge in [0.15, 0.2) is 23.2 Å². The van der Waals surface area contributed by atoms with E-state index < -0.39 is 126 Å². The molecule has 0 spiro atoms.